The third-order valence-corrected chi connectivity index (χ3v) is 17.1. The number of hydrogen-bond donors (Lipinski definition) is 0. The first-order chi connectivity index (χ1) is 37.4. The summed E-state index contributed by atoms with van der Waals surface area (Å²) >= 11 is 0. The van der Waals surface area contributed by atoms with E-state index in [2.05, 4.69) is 235 Å². The zero-order chi connectivity index (χ0) is 49.8. The largest absolute Gasteiger partial charge is 0.458 e. The zero-order valence-corrected chi connectivity index (χ0v) is 41.7. The number of benzene rings is 11. The van der Waals surface area contributed by atoms with E-state index >= 15 is 0 Å². The Kier molecular flexibility index (Phi) is 7.67. The Morgan fingerprint density at radius 3 is 1.55 bits per heavy atom. The first-order valence-corrected chi connectivity index (χ1v) is 26.3. The summed E-state index contributed by atoms with van der Waals surface area (Å²) in [6.45, 7) is 6.50. The monoisotopic (exact) mass is 971 g/mol. The molecule has 0 atom stereocenters. The molecule has 0 radical (unpaired) electrons. The molecule has 7 heteroatoms. The zero-order valence-electron chi connectivity index (χ0n) is 41.7. The van der Waals surface area contributed by atoms with Crippen LogP contribution in [0.5, 0.6) is 11.5 Å². The van der Waals surface area contributed by atoms with Crippen LogP contribution in [0.1, 0.15) is 16.7 Å². The number of hydrogen-bond acceptors (Lipinski definition) is 3. The third-order valence-electron chi connectivity index (χ3n) is 17.1. The standard InChI is InChI=1S/C69H42BN3O3/c1-37-31-38(2)63(39(3)32-37)40-23-28-61-51(33-40)70-52-36-50-49-35-42(72-55-19-10-6-15-45(55)46-16-7-11-20-56(46)72)25-30-60(49)76-69(50)65-64-57(73(67(52)65)58-21-12-22-62(74-61)66(58)70)27-26-47-48-34-41(24-29-59(48)75-68(47)64)71-53-17-8-4-13-43(53)44-14-5-9-18-54(44)71/h4-36H,1-3H3. The minimum absolute atomic E-state index is 0.143. The van der Waals surface area contributed by atoms with Crippen LogP contribution in [0.25, 0.3) is 137 Å². The average molecular weight is 972 g/mol. The summed E-state index contributed by atoms with van der Waals surface area (Å²) in [6.07, 6.45) is 0. The molecular weight excluding hydrogens is 930 g/mol. The Hall–Kier alpha value is -9.72. The lowest BCUT2D eigenvalue weighted by atomic mass is 9.34. The first-order valence-electron chi connectivity index (χ1n) is 26.3. The molecule has 5 aromatic heterocycles. The number of fused-ring (bicyclic) bond motifs is 21. The summed E-state index contributed by atoms with van der Waals surface area (Å²) in [5.41, 5.74) is 23.3. The van der Waals surface area contributed by atoms with E-state index < -0.39 is 0 Å². The number of furan rings is 2. The normalized spacial score (nSPS) is 13.0. The molecule has 0 fully saturated rings. The van der Waals surface area contributed by atoms with Gasteiger partial charge in [0.1, 0.15) is 33.8 Å². The van der Waals surface area contributed by atoms with Gasteiger partial charge in [0.2, 0.25) is 0 Å². The van der Waals surface area contributed by atoms with Gasteiger partial charge in [0, 0.05) is 60.2 Å². The lowest BCUT2D eigenvalue weighted by molar-refractivity contribution is 0.487. The Morgan fingerprint density at radius 1 is 0.382 bits per heavy atom. The van der Waals surface area contributed by atoms with E-state index in [1.807, 2.05) is 0 Å². The van der Waals surface area contributed by atoms with Crippen LogP contribution in [0.15, 0.2) is 209 Å². The molecule has 11 aromatic carbocycles. The molecule has 0 aliphatic carbocycles. The van der Waals surface area contributed by atoms with E-state index in [1.54, 1.807) is 0 Å². The number of rotatable bonds is 3. The van der Waals surface area contributed by atoms with Crippen LogP contribution in [0.4, 0.5) is 0 Å². The van der Waals surface area contributed by atoms with Gasteiger partial charge in [-0.2, -0.15) is 0 Å². The maximum absolute atomic E-state index is 7.32. The molecular formula is C69H42BN3O3. The SMILES string of the molecule is Cc1cc(C)c(-c2ccc3c(c2)B2c4c(cccc4-n4c5ccc6c7cc(-n8c9ccccc9c9ccccc98)ccc7oc6c5c5c6oc7ccc(-n8c9ccccc9c9ccccc98)cc7c6cc2c54)O3)c(C)c1. The molecule has 2 aliphatic rings. The molecule has 0 saturated heterocycles. The summed E-state index contributed by atoms with van der Waals surface area (Å²) in [5, 5.41) is 11.3. The third kappa shape index (κ3) is 5.12. The topological polar surface area (TPSA) is 50.3 Å². The fraction of sp³-hybridized carbons (Fsp3) is 0.0435. The minimum Gasteiger partial charge on any atom is -0.458 e. The molecule has 2 aliphatic heterocycles. The van der Waals surface area contributed by atoms with Crippen LogP contribution in [0.2, 0.25) is 0 Å². The van der Waals surface area contributed by atoms with Gasteiger partial charge in [-0.1, -0.05) is 115 Å². The van der Waals surface area contributed by atoms with Crippen LogP contribution in [-0.4, -0.2) is 20.4 Å². The highest BCUT2D eigenvalue weighted by atomic mass is 16.5. The average Bonchev–Trinajstić information content (AvgIpc) is 4.37. The maximum atomic E-state index is 7.32. The van der Waals surface area contributed by atoms with Crippen LogP contribution in [0, 0.1) is 20.8 Å². The van der Waals surface area contributed by atoms with E-state index in [4.69, 9.17) is 13.6 Å². The second-order valence-corrected chi connectivity index (χ2v) is 21.3. The van der Waals surface area contributed by atoms with Crippen molar-refractivity contribution in [2.45, 2.75) is 20.8 Å². The summed E-state index contributed by atoms with van der Waals surface area (Å²) in [5.74, 6) is 1.75. The molecule has 0 unspecified atom stereocenters. The second kappa shape index (κ2) is 14.3. The molecule has 0 bridgehead atoms. The van der Waals surface area contributed by atoms with E-state index in [-0.39, 0.29) is 6.71 Å². The Labute approximate surface area is 434 Å². The molecule has 18 rings (SSSR count). The number of ether oxygens (including phenoxy) is 1. The number of aryl methyl sites for hydroxylation is 3. The van der Waals surface area contributed by atoms with Crippen molar-refractivity contribution in [2.24, 2.45) is 0 Å². The number of para-hydroxylation sites is 4. The van der Waals surface area contributed by atoms with Gasteiger partial charge in [-0.25, -0.2) is 0 Å². The van der Waals surface area contributed by atoms with Gasteiger partial charge in [-0.05, 0) is 150 Å². The van der Waals surface area contributed by atoms with Crippen LogP contribution < -0.4 is 21.1 Å². The number of nitrogens with zero attached hydrogens (tertiary/aromatic N) is 3. The minimum atomic E-state index is -0.143. The molecule has 354 valence electrons. The van der Waals surface area contributed by atoms with Crippen molar-refractivity contribution in [3.8, 4) is 39.7 Å². The van der Waals surface area contributed by atoms with Gasteiger partial charge in [0.05, 0.1) is 43.9 Å². The summed E-state index contributed by atoms with van der Waals surface area (Å²) in [4.78, 5) is 0. The molecule has 6 nitrogen and oxygen atoms in total. The second-order valence-electron chi connectivity index (χ2n) is 21.3. The molecule has 7 heterocycles. The Bertz CT molecular complexity index is 5200. The lowest BCUT2D eigenvalue weighted by Crippen LogP contribution is -2.58. The first kappa shape index (κ1) is 40.7. The van der Waals surface area contributed by atoms with Crippen LogP contribution in [-0.2, 0) is 0 Å². The molecule has 0 N–H and O–H groups in total. The highest BCUT2D eigenvalue weighted by Gasteiger charge is 2.42. The highest BCUT2D eigenvalue weighted by molar-refractivity contribution is 6.99. The van der Waals surface area contributed by atoms with Crippen LogP contribution in [0.3, 0.4) is 0 Å². The quantitative estimate of drug-likeness (QED) is 0.166. The van der Waals surface area contributed by atoms with Crippen molar-refractivity contribution < 1.29 is 13.6 Å². The van der Waals surface area contributed by atoms with Gasteiger partial charge in [-0.15, -0.1) is 0 Å². The van der Waals surface area contributed by atoms with Crippen molar-refractivity contribution in [1.82, 2.24) is 13.7 Å². The van der Waals surface area contributed by atoms with E-state index in [0.29, 0.717) is 0 Å². The summed E-state index contributed by atoms with van der Waals surface area (Å²) in [6, 6.07) is 73.2. The molecule has 0 saturated carbocycles. The van der Waals surface area contributed by atoms with Gasteiger partial charge in [0.15, 0.2) is 0 Å². The highest BCUT2D eigenvalue weighted by Crippen LogP contribution is 2.48. The fourth-order valence-electron chi connectivity index (χ4n) is 14.3. The predicted octanol–water partition coefficient (Wildman–Crippen LogP) is 16.3. The molecule has 0 spiro atoms. The summed E-state index contributed by atoms with van der Waals surface area (Å²) in [7, 11) is 0. The maximum Gasteiger partial charge on any atom is 0.256 e. The van der Waals surface area contributed by atoms with Crippen molar-refractivity contribution >= 4 is 132 Å². The summed E-state index contributed by atoms with van der Waals surface area (Å²) < 4.78 is 28.8. The fourth-order valence-corrected chi connectivity index (χ4v) is 14.3. The number of aromatic nitrogens is 3. The molecule has 0 amide bonds. The Morgan fingerprint density at radius 2 is 0.947 bits per heavy atom. The van der Waals surface area contributed by atoms with E-state index in [0.717, 1.165) is 105 Å². The van der Waals surface area contributed by atoms with Crippen molar-refractivity contribution in [3.63, 3.8) is 0 Å². The van der Waals surface area contributed by atoms with E-state index in [9.17, 15) is 0 Å². The van der Waals surface area contributed by atoms with Crippen molar-refractivity contribution in [1.29, 1.82) is 0 Å². The van der Waals surface area contributed by atoms with Gasteiger partial charge in [-0.3, -0.25) is 0 Å². The predicted molar refractivity (Wildman–Crippen MR) is 315 cm³/mol. The van der Waals surface area contributed by atoms with Crippen molar-refractivity contribution in [3.05, 3.63) is 217 Å². The smallest absolute Gasteiger partial charge is 0.256 e. The van der Waals surface area contributed by atoms with Gasteiger partial charge < -0.3 is 27.3 Å². The molecule has 76 heavy (non-hydrogen) atoms. The molecule has 16 aromatic rings. The Balaban J connectivity index is 0.963. The van der Waals surface area contributed by atoms with Gasteiger partial charge in [0.25, 0.3) is 6.71 Å². The van der Waals surface area contributed by atoms with Crippen molar-refractivity contribution in [2.75, 3.05) is 0 Å². The van der Waals surface area contributed by atoms with E-state index in [1.165, 1.54) is 76.9 Å². The lowest BCUT2D eigenvalue weighted by Gasteiger charge is -2.33. The van der Waals surface area contributed by atoms with Crippen LogP contribution >= 0.6 is 0 Å². The van der Waals surface area contributed by atoms with Gasteiger partial charge >= 0.3 is 0 Å².